The zero-order valence-electron chi connectivity index (χ0n) is 10.6. The van der Waals surface area contributed by atoms with E-state index in [1.165, 1.54) is 0 Å². The summed E-state index contributed by atoms with van der Waals surface area (Å²) < 4.78 is 0. The van der Waals surface area contributed by atoms with E-state index < -0.39 is 0 Å². The normalized spacial score (nSPS) is 18.9. The van der Waals surface area contributed by atoms with Crippen LogP contribution in [-0.2, 0) is 9.59 Å². The molecular weight excluding hydrogens is 220 g/mol. The van der Waals surface area contributed by atoms with Gasteiger partial charge in [-0.3, -0.25) is 14.5 Å². The van der Waals surface area contributed by atoms with Crippen LogP contribution in [0, 0.1) is 5.92 Å². The second-order valence-corrected chi connectivity index (χ2v) is 4.41. The predicted octanol–water partition coefficient (Wildman–Crippen LogP) is -1.53. The molecule has 1 fully saturated rings. The summed E-state index contributed by atoms with van der Waals surface area (Å²) in [4.78, 5) is 26.9. The van der Waals surface area contributed by atoms with Crippen LogP contribution in [-0.4, -0.2) is 67.9 Å². The van der Waals surface area contributed by atoms with Crippen LogP contribution in [0.3, 0.4) is 0 Å². The molecule has 0 radical (unpaired) electrons. The van der Waals surface area contributed by atoms with Crippen LogP contribution in [0.25, 0.3) is 0 Å². The highest BCUT2D eigenvalue weighted by atomic mass is 16.2. The highest BCUT2D eigenvalue weighted by Gasteiger charge is 2.24. The predicted molar refractivity (Wildman–Crippen MR) is 65.3 cm³/mol. The number of nitrogens with two attached hydrogens (primary N) is 1. The second-order valence-electron chi connectivity index (χ2n) is 4.41. The standard InChI is InChI=1S/C11H22N4O2/c1-9(7-12)11(17)15-5-3-14(4-6-15)8-10(16)13-2/h9H,3-8,12H2,1-2H3,(H,13,16). The molecule has 0 aliphatic carbocycles. The number of likely N-dealkylation sites (N-methyl/N-ethyl adjacent to an activating group) is 1. The molecule has 2 amide bonds. The zero-order chi connectivity index (χ0) is 12.8. The first kappa shape index (κ1) is 13.9. The molecule has 1 atom stereocenters. The van der Waals surface area contributed by atoms with E-state index in [2.05, 4.69) is 10.2 Å². The van der Waals surface area contributed by atoms with E-state index in [9.17, 15) is 9.59 Å². The van der Waals surface area contributed by atoms with Gasteiger partial charge >= 0.3 is 0 Å². The highest BCUT2D eigenvalue weighted by molar-refractivity contribution is 5.79. The molecule has 6 heteroatoms. The lowest BCUT2D eigenvalue weighted by molar-refractivity contribution is -0.136. The fourth-order valence-corrected chi connectivity index (χ4v) is 1.82. The van der Waals surface area contributed by atoms with Crippen LogP contribution in [0.15, 0.2) is 0 Å². The van der Waals surface area contributed by atoms with Crippen molar-refractivity contribution in [2.75, 3.05) is 46.3 Å². The summed E-state index contributed by atoms with van der Waals surface area (Å²) in [6.07, 6.45) is 0. The maximum Gasteiger partial charge on any atom is 0.233 e. The average molecular weight is 242 g/mol. The Bertz CT molecular complexity index is 275. The zero-order valence-corrected chi connectivity index (χ0v) is 10.6. The van der Waals surface area contributed by atoms with Gasteiger partial charge in [0.15, 0.2) is 0 Å². The minimum absolute atomic E-state index is 0.0140. The first-order valence-electron chi connectivity index (χ1n) is 6.00. The van der Waals surface area contributed by atoms with E-state index in [1.807, 2.05) is 11.8 Å². The van der Waals surface area contributed by atoms with Crippen LogP contribution in [0.1, 0.15) is 6.92 Å². The molecule has 0 aromatic heterocycles. The average Bonchev–Trinajstić information content (AvgIpc) is 2.37. The minimum atomic E-state index is -0.111. The fraction of sp³-hybridized carbons (Fsp3) is 0.818. The number of piperazine rings is 1. The van der Waals surface area contributed by atoms with Crippen molar-refractivity contribution in [2.45, 2.75) is 6.92 Å². The Hall–Kier alpha value is -1.14. The molecule has 0 aromatic rings. The van der Waals surface area contributed by atoms with Crippen molar-refractivity contribution in [1.82, 2.24) is 15.1 Å². The molecule has 17 heavy (non-hydrogen) atoms. The van der Waals surface area contributed by atoms with Crippen molar-refractivity contribution in [3.05, 3.63) is 0 Å². The third-order valence-corrected chi connectivity index (χ3v) is 3.11. The van der Waals surface area contributed by atoms with Crippen LogP contribution >= 0.6 is 0 Å². The minimum Gasteiger partial charge on any atom is -0.358 e. The maximum atomic E-state index is 11.9. The Kier molecular flexibility index (Phi) is 5.37. The highest BCUT2D eigenvalue weighted by Crippen LogP contribution is 2.06. The van der Waals surface area contributed by atoms with Gasteiger partial charge in [-0.1, -0.05) is 6.92 Å². The number of carbonyl (C=O) groups excluding carboxylic acids is 2. The lowest BCUT2D eigenvalue weighted by Crippen LogP contribution is -2.52. The summed E-state index contributed by atoms with van der Waals surface area (Å²) >= 11 is 0. The molecule has 0 bridgehead atoms. The Morgan fingerprint density at radius 3 is 2.35 bits per heavy atom. The first-order chi connectivity index (χ1) is 8.08. The molecule has 1 rings (SSSR count). The lowest BCUT2D eigenvalue weighted by Gasteiger charge is -2.35. The number of rotatable bonds is 4. The molecule has 0 saturated carbocycles. The van der Waals surface area contributed by atoms with E-state index in [0.717, 1.165) is 13.1 Å². The van der Waals surface area contributed by atoms with Crippen molar-refractivity contribution >= 4 is 11.8 Å². The summed E-state index contributed by atoms with van der Waals surface area (Å²) in [6.45, 7) is 5.49. The van der Waals surface area contributed by atoms with Gasteiger partial charge in [-0.2, -0.15) is 0 Å². The lowest BCUT2D eigenvalue weighted by atomic mass is 10.1. The molecule has 1 heterocycles. The molecule has 1 saturated heterocycles. The third kappa shape index (κ3) is 3.98. The van der Waals surface area contributed by atoms with E-state index in [0.29, 0.717) is 26.2 Å². The number of carbonyl (C=O) groups is 2. The van der Waals surface area contributed by atoms with Crippen LogP contribution in [0.2, 0.25) is 0 Å². The van der Waals surface area contributed by atoms with E-state index in [4.69, 9.17) is 5.73 Å². The molecule has 6 nitrogen and oxygen atoms in total. The smallest absolute Gasteiger partial charge is 0.233 e. The number of hydrogen-bond donors (Lipinski definition) is 2. The topological polar surface area (TPSA) is 78.7 Å². The van der Waals surface area contributed by atoms with Gasteiger partial charge in [-0.05, 0) is 0 Å². The Morgan fingerprint density at radius 2 is 1.88 bits per heavy atom. The number of hydrogen-bond acceptors (Lipinski definition) is 4. The molecule has 1 unspecified atom stereocenters. The number of nitrogens with zero attached hydrogens (tertiary/aromatic N) is 2. The monoisotopic (exact) mass is 242 g/mol. The maximum absolute atomic E-state index is 11.9. The van der Waals surface area contributed by atoms with E-state index in [-0.39, 0.29) is 17.7 Å². The summed E-state index contributed by atoms with van der Waals surface area (Å²) in [6, 6.07) is 0. The van der Waals surface area contributed by atoms with Gasteiger partial charge in [-0.15, -0.1) is 0 Å². The van der Waals surface area contributed by atoms with Gasteiger partial charge in [0.1, 0.15) is 0 Å². The van der Waals surface area contributed by atoms with Crippen LogP contribution in [0.4, 0.5) is 0 Å². The van der Waals surface area contributed by atoms with Crippen molar-refractivity contribution in [3.63, 3.8) is 0 Å². The number of nitrogens with one attached hydrogen (secondary N) is 1. The summed E-state index contributed by atoms with van der Waals surface area (Å²) in [5, 5.41) is 2.60. The molecule has 1 aliphatic rings. The Labute approximate surface area is 102 Å². The van der Waals surface area contributed by atoms with Crippen molar-refractivity contribution in [2.24, 2.45) is 11.7 Å². The van der Waals surface area contributed by atoms with Gasteiger partial charge in [0.2, 0.25) is 11.8 Å². The summed E-state index contributed by atoms with van der Waals surface area (Å²) in [5.41, 5.74) is 5.48. The van der Waals surface area contributed by atoms with Gasteiger partial charge in [-0.25, -0.2) is 0 Å². The number of amides is 2. The summed E-state index contributed by atoms with van der Waals surface area (Å²) in [7, 11) is 1.63. The largest absolute Gasteiger partial charge is 0.358 e. The molecule has 0 spiro atoms. The molecule has 1 aliphatic heterocycles. The molecule has 3 N–H and O–H groups in total. The van der Waals surface area contributed by atoms with Crippen molar-refractivity contribution in [1.29, 1.82) is 0 Å². The van der Waals surface area contributed by atoms with E-state index >= 15 is 0 Å². The van der Waals surface area contributed by atoms with Crippen LogP contribution in [0.5, 0.6) is 0 Å². The van der Waals surface area contributed by atoms with Gasteiger partial charge in [0.25, 0.3) is 0 Å². The molecule has 98 valence electrons. The van der Waals surface area contributed by atoms with Gasteiger partial charge in [0.05, 0.1) is 6.54 Å². The molecular formula is C11H22N4O2. The fourth-order valence-electron chi connectivity index (χ4n) is 1.82. The van der Waals surface area contributed by atoms with E-state index in [1.54, 1.807) is 7.05 Å². The quantitative estimate of drug-likeness (QED) is 0.627. The van der Waals surface area contributed by atoms with Crippen molar-refractivity contribution < 1.29 is 9.59 Å². The second kappa shape index (κ2) is 6.56. The Morgan fingerprint density at radius 1 is 1.29 bits per heavy atom. The van der Waals surface area contributed by atoms with Gasteiger partial charge in [0, 0.05) is 45.7 Å². The third-order valence-electron chi connectivity index (χ3n) is 3.11. The Balaban J connectivity index is 2.35. The summed E-state index contributed by atoms with van der Waals surface area (Å²) in [5.74, 6) is 0.0210. The molecule has 0 aromatic carbocycles. The SMILES string of the molecule is CNC(=O)CN1CCN(C(=O)C(C)CN)CC1. The van der Waals surface area contributed by atoms with Crippen molar-refractivity contribution in [3.8, 4) is 0 Å². The first-order valence-corrected chi connectivity index (χ1v) is 6.00. The van der Waals surface area contributed by atoms with Crippen LogP contribution < -0.4 is 11.1 Å². The van der Waals surface area contributed by atoms with Gasteiger partial charge < -0.3 is 16.0 Å².